The van der Waals surface area contributed by atoms with E-state index in [1.54, 1.807) is 11.4 Å². The molecule has 0 spiro atoms. The van der Waals surface area contributed by atoms with Gasteiger partial charge in [-0.15, -0.1) is 23.1 Å². The Morgan fingerprint density at radius 3 is 2.86 bits per heavy atom. The topological polar surface area (TPSA) is 94.5 Å². The Bertz CT molecular complexity index is 574. The lowest BCUT2D eigenvalue weighted by molar-refractivity contribution is -0.254. The van der Waals surface area contributed by atoms with Crippen LogP contribution in [0.1, 0.15) is 4.88 Å². The minimum absolute atomic E-state index is 0.0265. The Balaban J connectivity index is 1.90. The van der Waals surface area contributed by atoms with Crippen LogP contribution in [0.25, 0.3) is 0 Å². The molecule has 2 heterocycles. The number of nitrogen functional groups attached to an aromatic ring is 1. The van der Waals surface area contributed by atoms with E-state index in [4.69, 9.17) is 11.1 Å². The number of rotatable bonds is 4. The highest BCUT2D eigenvalue weighted by molar-refractivity contribution is 8.14. The Morgan fingerprint density at radius 1 is 1.62 bits per heavy atom. The summed E-state index contributed by atoms with van der Waals surface area (Å²) in [6.07, 6.45) is -4.74. The number of nitrogens with zero attached hydrogens (tertiary/aromatic N) is 1. The van der Waals surface area contributed by atoms with Gasteiger partial charge in [-0.1, -0.05) is 11.8 Å². The van der Waals surface area contributed by atoms with Gasteiger partial charge in [0, 0.05) is 10.3 Å². The minimum Gasteiger partial charge on any atom is -0.383 e. The van der Waals surface area contributed by atoms with Crippen molar-refractivity contribution < 1.29 is 18.3 Å². The van der Waals surface area contributed by atoms with Gasteiger partial charge in [0.25, 0.3) is 0 Å². The zero-order chi connectivity index (χ0) is 15.7. The highest BCUT2D eigenvalue weighted by Gasteiger charge is 2.57. The first-order valence-corrected chi connectivity index (χ1v) is 8.36. The lowest BCUT2D eigenvalue weighted by atomic mass is 10.2. The summed E-state index contributed by atoms with van der Waals surface area (Å²) in [5.41, 5.74) is 2.42. The highest BCUT2D eigenvalue weighted by Crippen LogP contribution is 2.36. The molecule has 0 amide bonds. The molecule has 11 heteroatoms. The summed E-state index contributed by atoms with van der Waals surface area (Å²) in [5, 5.41) is 20.5. The number of nitrogens with one attached hydrogen (secondary N) is 2. The fraction of sp³-hybridized carbons (Fsp3) is 0.400. The summed E-state index contributed by atoms with van der Waals surface area (Å²) in [6.45, 7) is 0. The first-order chi connectivity index (χ1) is 9.71. The molecule has 5 nitrogen and oxygen atoms in total. The largest absolute Gasteiger partial charge is 0.437 e. The van der Waals surface area contributed by atoms with E-state index in [2.05, 4.69) is 4.99 Å². The van der Waals surface area contributed by atoms with E-state index >= 15 is 0 Å². The lowest BCUT2D eigenvalue weighted by Crippen LogP contribution is -2.55. The summed E-state index contributed by atoms with van der Waals surface area (Å²) in [6, 6.07) is 1.72. The van der Waals surface area contributed by atoms with E-state index in [-0.39, 0.29) is 16.9 Å². The smallest absolute Gasteiger partial charge is 0.383 e. The molecule has 1 saturated heterocycles. The van der Waals surface area contributed by atoms with Crippen LogP contribution in [0, 0.1) is 5.41 Å². The number of thiophene rings is 1. The van der Waals surface area contributed by atoms with Crippen LogP contribution in [-0.4, -0.2) is 39.6 Å². The summed E-state index contributed by atoms with van der Waals surface area (Å²) in [5.74, 6) is -0.342. The summed E-state index contributed by atoms with van der Waals surface area (Å²) in [7, 11) is 0. The first kappa shape index (κ1) is 16.5. The van der Waals surface area contributed by atoms with Crippen LogP contribution in [0.3, 0.4) is 0 Å². The average Bonchev–Trinajstić information content (AvgIpc) is 2.96. The summed E-state index contributed by atoms with van der Waals surface area (Å²) < 4.78 is 37.7. The van der Waals surface area contributed by atoms with Gasteiger partial charge in [0.05, 0.1) is 16.5 Å². The van der Waals surface area contributed by atoms with E-state index in [1.165, 1.54) is 23.1 Å². The van der Waals surface area contributed by atoms with Crippen molar-refractivity contribution in [3.05, 3.63) is 16.3 Å². The van der Waals surface area contributed by atoms with E-state index in [0.717, 1.165) is 16.7 Å². The van der Waals surface area contributed by atoms with Gasteiger partial charge in [0.15, 0.2) is 5.17 Å². The van der Waals surface area contributed by atoms with Gasteiger partial charge in [-0.05, 0) is 6.07 Å². The molecule has 5 N–H and O–H groups in total. The van der Waals surface area contributed by atoms with Crippen molar-refractivity contribution in [1.29, 1.82) is 5.41 Å². The molecule has 1 fully saturated rings. The van der Waals surface area contributed by atoms with E-state index in [0.29, 0.717) is 4.88 Å². The van der Waals surface area contributed by atoms with E-state index in [1.807, 2.05) is 5.32 Å². The number of aliphatic hydroxyl groups is 1. The Kier molecular flexibility index (Phi) is 4.76. The summed E-state index contributed by atoms with van der Waals surface area (Å²) >= 11 is 3.45. The summed E-state index contributed by atoms with van der Waals surface area (Å²) in [4.78, 5) is 5.44. The molecule has 1 aliphatic heterocycles. The van der Waals surface area contributed by atoms with Gasteiger partial charge in [0.1, 0.15) is 5.84 Å². The third-order valence-corrected chi connectivity index (χ3v) is 5.49. The first-order valence-electron chi connectivity index (χ1n) is 5.51. The van der Waals surface area contributed by atoms with Crippen LogP contribution >= 0.6 is 34.9 Å². The zero-order valence-electron chi connectivity index (χ0n) is 10.4. The Hall–Kier alpha value is -0.910. The molecule has 2 rings (SSSR count). The number of alkyl halides is 3. The Labute approximate surface area is 130 Å². The Morgan fingerprint density at radius 2 is 2.33 bits per heavy atom. The molecular formula is C10H11F3N4OS3. The van der Waals surface area contributed by atoms with Crippen molar-refractivity contribution in [1.82, 2.24) is 5.32 Å². The second-order valence-corrected chi connectivity index (χ2v) is 6.96. The van der Waals surface area contributed by atoms with Gasteiger partial charge in [-0.25, -0.2) is 0 Å². The van der Waals surface area contributed by atoms with Crippen LogP contribution in [0.5, 0.6) is 0 Å². The van der Waals surface area contributed by atoms with Crippen molar-refractivity contribution in [3.63, 3.8) is 0 Å². The van der Waals surface area contributed by atoms with Crippen molar-refractivity contribution in [2.24, 2.45) is 10.7 Å². The standard InChI is InChI=1S/C10H11F3N4OS3/c11-10(12,13)9(18)3-20-8(17-9)16-4-21-5-1-6(7(14)15)19-2-5/h1-2,18H,3-4H2,(H3,14,15)(H,16,17). The second kappa shape index (κ2) is 6.07. The fourth-order valence-corrected chi connectivity index (χ4v) is 4.09. The van der Waals surface area contributed by atoms with Crippen molar-refractivity contribution >= 4 is 45.9 Å². The lowest BCUT2D eigenvalue weighted by Gasteiger charge is -2.24. The molecule has 1 atom stereocenters. The molecule has 0 saturated carbocycles. The van der Waals surface area contributed by atoms with Crippen LogP contribution < -0.4 is 11.1 Å². The van der Waals surface area contributed by atoms with Crippen LogP contribution in [0.4, 0.5) is 13.2 Å². The van der Waals surface area contributed by atoms with Gasteiger partial charge in [-0.3, -0.25) is 10.4 Å². The quantitative estimate of drug-likeness (QED) is 0.376. The number of hydrogen-bond acceptors (Lipinski definition) is 6. The predicted octanol–water partition coefficient (Wildman–Crippen LogP) is 2.03. The van der Waals surface area contributed by atoms with Crippen LogP contribution in [-0.2, 0) is 0 Å². The maximum atomic E-state index is 12.6. The number of thioether (sulfide) groups is 2. The number of aliphatic imine (C=N–C) groups is 1. The maximum absolute atomic E-state index is 12.6. The number of halogens is 3. The third kappa shape index (κ3) is 3.84. The molecule has 0 radical (unpaired) electrons. The monoisotopic (exact) mass is 356 g/mol. The van der Waals surface area contributed by atoms with Crippen LogP contribution in [0.15, 0.2) is 21.3 Å². The fourth-order valence-electron chi connectivity index (χ4n) is 1.36. The third-order valence-electron chi connectivity index (χ3n) is 2.48. The minimum atomic E-state index is -4.74. The molecule has 1 aliphatic rings. The zero-order valence-corrected chi connectivity index (χ0v) is 12.8. The molecule has 0 aromatic carbocycles. The molecule has 1 unspecified atom stereocenters. The van der Waals surface area contributed by atoms with Crippen molar-refractivity contribution in [3.8, 4) is 0 Å². The van der Waals surface area contributed by atoms with E-state index < -0.39 is 17.7 Å². The molecule has 0 bridgehead atoms. The predicted molar refractivity (Wildman–Crippen MR) is 80.1 cm³/mol. The van der Waals surface area contributed by atoms with Crippen molar-refractivity contribution in [2.75, 3.05) is 11.6 Å². The SMILES string of the molecule is N=C(N)c1cc(SCN=C2NC(O)(C(F)(F)F)CS2)cs1. The average molecular weight is 356 g/mol. The van der Waals surface area contributed by atoms with Gasteiger partial charge in [-0.2, -0.15) is 13.2 Å². The number of nitrogens with two attached hydrogens (primary N) is 1. The second-order valence-electron chi connectivity index (χ2n) is 4.07. The molecule has 21 heavy (non-hydrogen) atoms. The molecule has 0 aliphatic carbocycles. The molecule has 1 aromatic rings. The number of hydrogen-bond donors (Lipinski definition) is 4. The molecule has 1 aromatic heterocycles. The highest BCUT2D eigenvalue weighted by atomic mass is 32.2. The van der Waals surface area contributed by atoms with Gasteiger partial charge in [0.2, 0.25) is 5.72 Å². The maximum Gasteiger partial charge on any atom is 0.437 e. The van der Waals surface area contributed by atoms with Gasteiger partial charge >= 0.3 is 6.18 Å². The van der Waals surface area contributed by atoms with Crippen molar-refractivity contribution in [2.45, 2.75) is 16.8 Å². The molecule has 116 valence electrons. The normalized spacial score (nSPS) is 24.3. The molecular weight excluding hydrogens is 345 g/mol. The number of amidine groups is 2. The van der Waals surface area contributed by atoms with E-state index in [9.17, 15) is 18.3 Å². The van der Waals surface area contributed by atoms with Crippen LogP contribution in [0.2, 0.25) is 0 Å². The van der Waals surface area contributed by atoms with Gasteiger partial charge < -0.3 is 16.2 Å².